The van der Waals surface area contributed by atoms with E-state index >= 15 is 0 Å². The maximum absolute atomic E-state index is 9.07. The lowest BCUT2D eigenvalue weighted by Crippen LogP contribution is -2.42. The lowest BCUT2D eigenvalue weighted by Gasteiger charge is -2.33. The maximum Gasteiger partial charge on any atom is 0.102 e. The van der Waals surface area contributed by atoms with Crippen LogP contribution >= 0.6 is 0 Å². The Balaban J connectivity index is 1.29. The number of nitrogens with zero attached hydrogens (tertiary/aromatic N) is 3. The van der Waals surface area contributed by atoms with Crippen molar-refractivity contribution in [3.63, 3.8) is 0 Å². The maximum atomic E-state index is 9.07. The first-order chi connectivity index (χ1) is 16.1. The Morgan fingerprint density at radius 2 is 2.03 bits per heavy atom. The van der Waals surface area contributed by atoms with Crippen LogP contribution in [0.3, 0.4) is 0 Å². The van der Waals surface area contributed by atoms with E-state index in [0.29, 0.717) is 17.9 Å². The molecule has 3 aliphatic rings. The Bertz CT molecular complexity index is 1320. The number of rotatable bonds is 5. The van der Waals surface area contributed by atoms with Gasteiger partial charge in [-0.3, -0.25) is 10.1 Å². The zero-order valence-electron chi connectivity index (χ0n) is 18.9. The van der Waals surface area contributed by atoms with Crippen LogP contribution in [0.5, 0.6) is 0 Å². The van der Waals surface area contributed by atoms with Crippen molar-refractivity contribution in [2.24, 2.45) is 7.05 Å². The summed E-state index contributed by atoms with van der Waals surface area (Å²) in [4.78, 5) is 2.44. The van der Waals surface area contributed by atoms with E-state index in [1.807, 2.05) is 43.6 Å². The van der Waals surface area contributed by atoms with Gasteiger partial charge in [0.15, 0.2) is 0 Å². The van der Waals surface area contributed by atoms with Crippen molar-refractivity contribution in [3.05, 3.63) is 83.0 Å². The minimum atomic E-state index is 0.381. The predicted octanol–water partition coefficient (Wildman–Crippen LogP) is 3.51. The van der Waals surface area contributed by atoms with Gasteiger partial charge in [-0.25, -0.2) is 0 Å². The first-order valence-corrected chi connectivity index (χ1v) is 11.5. The SMILES string of the molecule is Cc1cccc(C(=N)c2cccc3nn(C)cc23)c1NC1=CC=C(N2CC3CC2CO3)NC1. The van der Waals surface area contributed by atoms with Crippen LogP contribution in [0.4, 0.5) is 5.69 Å². The second-order valence-corrected chi connectivity index (χ2v) is 9.13. The van der Waals surface area contributed by atoms with Gasteiger partial charge in [0.25, 0.3) is 0 Å². The van der Waals surface area contributed by atoms with Gasteiger partial charge in [0.2, 0.25) is 0 Å². The molecule has 2 fully saturated rings. The van der Waals surface area contributed by atoms with E-state index in [1.165, 1.54) is 5.82 Å². The van der Waals surface area contributed by atoms with E-state index in [-0.39, 0.29) is 0 Å². The number of para-hydroxylation sites is 1. The highest BCUT2D eigenvalue weighted by Crippen LogP contribution is 2.32. The first-order valence-electron chi connectivity index (χ1n) is 11.5. The first kappa shape index (κ1) is 20.1. The summed E-state index contributed by atoms with van der Waals surface area (Å²) in [5.74, 6) is 1.18. The highest BCUT2D eigenvalue weighted by Gasteiger charge is 2.40. The normalized spacial score (nSPS) is 21.7. The van der Waals surface area contributed by atoms with Gasteiger partial charge in [-0.2, -0.15) is 5.10 Å². The Kier molecular flexibility index (Phi) is 4.73. The van der Waals surface area contributed by atoms with Crippen molar-refractivity contribution in [2.45, 2.75) is 25.5 Å². The van der Waals surface area contributed by atoms with E-state index < -0.39 is 0 Å². The summed E-state index contributed by atoms with van der Waals surface area (Å²) in [5, 5.41) is 21.8. The zero-order valence-corrected chi connectivity index (χ0v) is 18.9. The number of hydrogen-bond acceptors (Lipinski definition) is 6. The van der Waals surface area contributed by atoms with Gasteiger partial charge >= 0.3 is 0 Å². The number of aryl methyl sites for hydroxylation is 2. The minimum Gasteiger partial charge on any atom is -0.374 e. The minimum absolute atomic E-state index is 0.381. The van der Waals surface area contributed by atoms with Crippen molar-refractivity contribution < 1.29 is 4.74 Å². The number of morpholine rings is 1. The average Bonchev–Trinajstić information content (AvgIpc) is 3.55. The van der Waals surface area contributed by atoms with Gasteiger partial charge in [0, 0.05) is 42.0 Å². The molecule has 0 saturated carbocycles. The number of allylic oxidation sites excluding steroid dienone is 2. The Labute approximate surface area is 193 Å². The number of hydrogen-bond donors (Lipinski definition) is 3. The predicted molar refractivity (Wildman–Crippen MR) is 130 cm³/mol. The van der Waals surface area contributed by atoms with Gasteiger partial charge in [-0.05, 0) is 37.1 Å². The number of ether oxygens (including phenoxy) is 1. The molecule has 2 saturated heterocycles. The fourth-order valence-electron chi connectivity index (χ4n) is 5.19. The Hall–Kier alpha value is -3.58. The quantitative estimate of drug-likeness (QED) is 0.529. The lowest BCUT2D eigenvalue weighted by molar-refractivity contribution is 0.0417. The van der Waals surface area contributed by atoms with Crippen LogP contribution < -0.4 is 10.6 Å². The summed E-state index contributed by atoms with van der Waals surface area (Å²) in [6.07, 6.45) is 7.81. The molecule has 2 aromatic carbocycles. The summed E-state index contributed by atoms with van der Waals surface area (Å²) < 4.78 is 7.54. The van der Waals surface area contributed by atoms with Crippen molar-refractivity contribution in [1.82, 2.24) is 20.0 Å². The molecular weight excluding hydrogens is 412 g/mol. The van der Waals surface area contributed by atoms with Gasteiger partial charge in [0.1, 0.15) is 5.82 Å². The summed E-state index contributed by atoms with van der Waals surface area (Å²) >= 11 is 0. The molecule has 2 unspecified atom stereocenters. The van der Waals surface area contributed by atoms with Crippen molar-refractivity contribution >= 4 is 22.3 Å². The Morgan fingerprint density at radius 1 is 1.18 bits per heavy atom. The van der Waals surface area contributed by atoms with Gasteiger partial charge < -0.3 is 20.3 Å². The second kappa shape index (κ2) is 7.78. The molecule has 3 aliphatic heterocycles. The van der Waals surface area contributed by atoms with E-state index in [9.17, 15) is 0 Å². The average molecular weight is 441 g/mol. The fourth-order valence-corrected chi connectivity index (χ4v) is 5.19. The summed E-state index contributed by atoms with van der Waals surface area (Å²) in [6, 6.07) is 12.6. The third-order valence-electron chi connectivity index (χ3n) is 6.87. The lowest BCUT2D eigenvalue weighted by atomic mass is 9.96. The van der Waals surface area contributed by atoms with Crippen molar-refractivity contribution in [1.29, 1.82) is 5.41 Å². The van der Waals surface area contributed by atoms with E-state index in [1.54, 1.807) is 4.68 Å². The molecule has 33 heavy (non-hydrogen) atoms. The van der Waals surface area contributed by atoms with Crippen molar-refractivity contribution in [3.8, 4) is 0 Å². The van der Waals surface area contributed by atoms with Crippen LogP contribution in [0.25, 0.3) is 10.9 Å². The molecule has 1 aromatic heterocycles. The highest BCUT2D eigenvalue weighted by atomic mass is 16.5. The molecule has 0 aliphatic carbocycles. The molecule has 0 amide bonds. The van der Waals surface area contributed by atoms with Crippen molar-refractivity contribution in [2.75, 3.05) is 25.0 Å². The van der Waals surface area contributed by atoms with Crippen LogP contribution in [0.15, 0.2) is 66.3 Å². The fraction of sp³-hybridized carbons (Fsp3) is 0.308. The summed E-state index contributed by atoms with van der Waals surface area (Å²) in [6.45, 7) is 4.61. The van der Waals surface area contributed by atoms with Crippen LogP contribution in [0.1, 0.15) is 23.1 Å². The standard InChI is InChI=1S/C26H28N6O/c1-16-5-3-7-21(25(27)20-6-4-8-23-22(20)14-31(2)30-23)26(16)29-17-9-10-24(28-12-17)32-13-19-11-18(32)15-33-19/h3-10,14,18-19,27-29H,11-13,15H2,1-2H3. The van der Waals surface area contributed by atoms with Crippen LogP contribution in [0.2, 0.25) is 0 Å². The molecule has 3 aromatic rings. The molecule has 0 spiro atoms. The van der Waals surface area contributed by atoms with Gasteiger partial charge in [-0.15, -0.1) is 0 Å². The smallest absolute Gasteiger partial charge is 0.102 e. The molecule has 2 atom stereocenters. The monoisotopic (exact) mass is 440 g/mol. The molecule has 4 heterocycles. The largest absolute Gasteiger partial charge is 0.374 e. The number of aromatic nitrogens is 2. The molecule has 0 radical (unpaired) electrons. The van der Waals surface area contributed by atoms with E-state index in [4.69, 9.17) is 10.1 Å². The third-order valence-corrected chi connectivity index (χ3v) is 6.87. The number of likely N-dealkylation sites (tertiary alicyclic amines) is 1. The third kappa shape index (κ3) is 3.49. The Morgan fingerprint density at radius 3 is 2.79 bits per heavy atom. The number of anilines is 1. The molecule has 3 N–H and O–H groups in total. The number of fused-ring (bicyclic) bond motifs is 3. The second-order valence-electron chi connectivity index (χ2n) is 9.13. The summed E-state index contributed by atoms with van der Waals surface area (Å²) in [5.41, 5.74) is 6.34. The molecule has 2 bridgehead atoms. The topological polar surface area (TPSA) is 78.2 Å². The molecule has 7 heteroatoms. The molecule has 6 rings (SSSR count). The highest BCUT2D eigenvalue weighted by molar-refractivity contribution is 6.20. The summed E-state index contributed by atoms with van der Waals surface area (Å²) in [7, 11) is 1.91. The van der Waals surface area contributed by atoms with Crippen LogP contribution in [-0.4, -0.2) is 52.2 Å². The van der Waals surface area contributed by atoms with Gasteiger partial charge in [-0.1, -0.05) is 30.3 Å². The number of benzene rings is 2. The molecule has 7 nitrogen and oxygen atoms in total. The van der Waals surface area contributed by atoms with Gasteiger partial charge in [0.05, 0.1) is 42.2 Å². The number of nitrogens with one attached hydrogen (secondary N) is 3. The van der Waals surface area contributed by atoms with E-state index in [0.717, 1.165) is 65.1 Å². The van der Waals surface area contributed by atoms with Crippen LogP contribution in [-0.2, 0) is 11.8 Å². The molecular formula is C26H28N6O. The van der Waals surface area contributed by atoms with E-state index in [2.05, 4.69) is 45.8 Å². The number of dihydropyridines is 1. The zero-order chi connectivity index (χ0) is 22.5. The van der Waals surface area contributed by atoms with Crippen LogP contribution in [0, 0.1) is 12.3 Å². The molecule has 168 valence electrons.